The molecule has 1 saturated heterocycles. The van der Waals surface area contributed by atoms with Crippen molar-refractivity contribution in [2.45, 2.75) is 13.3 Å². The molecule has 1 atom stereocenters. The summed E-state index contributed by atoms with van der Waals surface area (Å²) in [6.07, 6.45) is 0.971. The van der Waals surface area contributed by atoms with Gasteiger partial charge in [0.2, 0.25) is 5.91 Å². The molecule has 0 radical (unpaired) electrons. The summed E-state index contributed by atoms with van der Waals surface area (Å²) >= 11 is 1.84. The van der Waals surface area contributed by atoms with Crippen LogP contribution in [0.5, 0.6) is 5.75 Å². The lowest BCUT2D eigenvalue weighted by Gasteiger charge is -2.24. The summed E-state index contributed by atoms with van der Waals surface area (Å²) in [4.78, 5) is 14.1. The van der Waals surface area contributed by atoms with Crippen LogP contribution in [0.2, 0.25) is 0 Å². The highest BCUT2D eigenvalue weighted by molar-refractivity contribution is 7.99. The minimum Gasteiger partial charge on any atom is -0.508 e. The van der Waals surface area contributed by atoms with Crippen molar-refractivity contribution in [1.82, 2.24) is 0 Å². The normalized spacial score (nSPS) is 19.2. The summed E-state index contributed by atoms with van der Waals surface area (Å²) in [6, 6.07) is 6.89. The van der Waals surface area contributed by atoms with Crippen molar-refractivity contribution in [2.75, 3.05) is 23.0 Å². The number of benzene rings is 1. The van der Waals surface area contributed by atoms with Gasteiger partial charge in [0.1, 0.15) is 5.75 Å². The smallest absolute Gasteiger partial charge is 0.230 e. The Balaban J connectivity index is 2.17. The second-order valence-corrected chi connectivity index (χ2v) is 5.31. The fraction of sp³-hybridized carbons (Fsp3) is 0.462. The molecule has 1 aromatic carbocycles. The number of rotatable bonds is 3. The Morgan fingerprint density at radius 3 is 3.00 bits per heavy atom. The molecule has 1 heterocycles. The first-order valence-electron chi connectivity index (χ1n) is 5.90. The Kier molecular flexibility index (Phi) is 3.94. The highest BCUT2D eigenvalue weighted by atomic mass is 32.2. The second kappa shape index (κ2) is 5.45. The van der Waals surface area contributed by atoms with Gasteiger partial charge in [-0.15, -0.1) is 0 Å². The van der Waals surface area contributed by atoms with Gasteiger partial charge in [0.05, 0.1) is 0 Å². The van der Waals surface area contributed by atoms with Crippen LogP contribution < -0.4 is 4.90 Å². The average Bonchev–Trinajstić information content (AvgIpc) is 2.83. The Labute approximate surface area is 106 Å². The largest absolute Gasteiger partial charge is 0.508 e. The van der Waals surface area contributed by atoms with E-state index >= 15 is 0 Å². The van der Waals surface area contributed by atoms with E-state index in [0.717, 1.165) is 23.6 Å². The minimum atomic E-state index is 0.141. The molecule has 17 heavy (non-hydrogen) atoms. The molecule has 2 rings (SSSR count). The van der Waals surface area contributed by atoms with E-state index in [9.17, 15) is 9.90 Å². The summed E-state index contributed by atoms with van der Waals surface area (Å²) in [5, 5.41) is 9.46. The van der Waals surface area contributed by atoms with Crippen LogP contribution in [0.15, 0.2) is 24.3 Å². The number of carbonyl (C=O) groups is 1. The van der Waals surface area contributed by atoms with Crippen molar-refractivity contribution >= 4 is 23.4 Å². The number of aromatic hydroxyl groups is 1. The number of amides is 1. The average molecular weight is 251 g/mol. The number of carbonyl (C=O) groups excluding carboxylic acids is 1. The SMILES string of the molecule is CCN(C(=O)C1CCSC1)c1cccc(O)c1. The zero-order valence-corrected chi connectivity index (χ0v) is 10.7. The number of anilines is 1. The molecular weight excluding hydrogens is 234 g/mol. The molecule has 1 aromatic rings. The van der Waals surface area contributed by atoms with Crippen LogP contribution >= 0.6 is 11.8 Å². The van der Waals surface area contributed by atoms with Crippen molar-refractivity contribution in [3.63, 3.8) is 0 Å². The first-order chi connectivity index (χ1) is 8.22. The van der Waals surface area contributed by atoms with E-state index in [4.69, 9.17) is 0 Å². The van der Waals surface area contributed by atoms with Crippen molar-refractivity contribution in [3.8, 4) is 5.75 Å². The summed E-state index contributed by atoms with van der Waals surface area (Å²) in [6.45, 7) is 2.60. The van der Waals surface area contributed by atoms with Crippen LogP contribution in [0, 0.1) is 5.92 Å². The van der Waals surface area contributed by atoms with E-state index in [1.807, 2.05) is 24.8 Å². The zero-order chi connectivity index (χ0) is 12.3. The molecule has 0 saturated carbocycles. The number of phenols is 1. The second-order valence-electron chi connectivity index (χ2n) is 4.16. The molecule has 0 spiro atoms. The van der Waals surface area contributed by atoms with Crippen LogP contribution in [0.4, 0.5) is 5.69 Å². The predicted molar refractivity (Wildman–Crippen MR) is 71.6 cm³/mol. The lowest BCUT2D eigenvalue weighted by atomic mass is 10.1. The van der Waals surface area contributed by atoms with Gasteiger partial charge >= 0.3 is 0 Å². The Morgan fingerprint density at radius 2 is 2.41 bits per heavy atom. The Bertz CT molecular complexity index is 402. The van der Waals surface area contributed by atoms with Gasteiger partial charge in [-0.1, -0.05) is 6.07 Å². The third-order valence-electron chi connectivity index (χ3n) is 3.00. The van der Waals surface area contributed by atoms with Gasteiger partial charge in [-0.05, 0) is 31.2 Å². The zero-order valence-electron chi connectivity index (χ0n) is 9.93. The number of hydrogen-bond donors (Lipinski definition) is 1. The van der Waals surface area contributed by atoms with Gasteiger partial charge in [0.25, 0.3) is 0 Å². The minimum absolute atomic E-state index is 0.141. The monoisotopic (exact) mass is 251 g/mol. The summed E-state index contributed by atoms with van der Waals surface area (Å²) < 4.78 is 0. The number of nitrogens with zero attached hydrogens (tertiary/aromatic N) is 1. The van der Waals surface area contributed by atoms with E-state index < -0.39 is 0 Å². The van der Waals surface area contributed by atoms with Crippen LogP contribution in [-0.4, -0.2) is 29.1 Å². The molecular formula is C13H17NO2S. The highest BCUT2D eigenvalue weighted by Gasteiger charge is 2.27. The molecule has 1 amide bonds. The molecule has 0 bridgehead atoms. The molecule has 1 fully saturated rings. The first kappa shape index (κ1) is 12.3. The molecule has 4 heteroatoms. The topological polar surface area (TPSA) is 40.5 Å². The lowest BCUT2D eigenvalue weighted by Crippen LogP contribution is -2.36. The summed E-state index contributed by atoms with van der Waals surface area (Å²) in [5.74, 6) is 2.53. The summed E-state index contributed by atoms with van der Waals surface area (Å²) in [7, 11) is 0. The van der Waals surface area contributed by atoms with E-state index in [-0.39, 0.29) is 17.6 Å². The van der Waals surface area contributed by atoms with Gasteiger partial charge in [-0.3, -0.25) is 4.79 Å². The quantitative estimate of drug-likeness (QED) is 0.897. The summed E-state index contributed by atoms with van der Waals surface area (Å²) in [5.41, 5.74) is 0.786. The van der Waals surface area contributed by atoms with E-state index in [1.54, 1.807) is 23.1 Å². The number of hydrogen-bond acceptors (Lipinski definition) is 3. The molecule has 1 aliphatic rings. The predicted octanol–water partition coefficient (Wildman–Crippen LogP) is 2.50. The van der Waals surface area contributed by atoms with Crippen molar-refractivity contribution in [2.24, 2.45) is 5.92 Å². The van der Waals surface area contributed by atoms with E-state index in [0.29, 0.717) is 6.54 Å². The van der Waals surface area contributed by atoms with Gasteiger partial charge in [-0.2, -0.15) is 11.8 Å². The molecule has 1 unspecified atom stereocenters. The van der Waals surface area contributed by atoms with Gasteiger partial charge in [-0.25, -0.2) is 0 Å². The van der Waals surface area contributed by atoms with E-state index in [1.165, 1.54) is 0 Å². The van der Waals surface area contributed by atoms with Crippen LogP contribution in [0.25, 0.3) is 0 Å². The Hall–Kier alpha value is -1.16. The fourth-order valence-electron chi connectivity index (χ4n) is 2.08. The molecule has 0 aliphatic carbocycles. The van der Waals surface area contributed by atoms with Crippen LogP contribution in [-0.2, 0) is 4.79 Å². The van der Waals surface area contributed by atoms with Crippen molar-refractivity contribution in [3.05, 3.63) is 24.3 Å². The van der Waals surface area contributed by atoms with Gasteiger partial charge in [0, 0.05) is 30.0 Å². The molecule has 92 valence electrons. The maximum absolute atomic E-state index is 12.3. The standard InChI is InChI=1S/C13H17NO2S/c1-2-14(11-4-3-5-12(15)8-11)13(16)10-6-7-17-9-10/h3-5,8,10,15H,2,6-7,9H2,1H3. The number of phenolic OH excluding ortho intramolecular Hbond substituents is 1. The Morgan fingerprint density at radius 1 is 1.59 bits per heavy atom. The first-order valence-corrected chi connectivity index (χ1v) is 7.06. The van der Waals surface area contributed by atoms with Crippen LogP contribution in [0.3, 0.4) is 0 Å². The van der Waals surface area contributed by atoms with E-state index in [2.05, 4.69) is 0 Å². The third kappa shape index (κ3) is 2.75. The van der Waals surface area contributed by atoms with Crippen LogP contribution in [0.1, 0.15) is 13.3 Å². The highest BCUT2D eigenvalue weighted by Crippen LogP contribution is 2.28. The molecule has 0 aromatic heterocycles. The molecule has 1 N–H and O–H groups in total. The van der Waals surface area contributed by atoms with Crippen molar-refractivity contribution in [1.29, 1.82) is 0 Å². The van der Waals surface area contributed by atoms with Gasteiger partial charge in [0.15, 0.2) is 0 Å². The maximum atomic E-state index is 12.3. The fourth-order valence-corrected chi connectivity index (χ4v) is 3.29. The molecule has 1 aliphatic heterocycles. The lowest BCUT2D eigenvalue weighted by molar-refractivity contribution is -0.121. The maximum Gasteiger partial charge on any atom is 0.230 e. The van der Waals surface area contributed by atoms with Crippen molar-refractivity contribution < 1.29 is 9.90 Å². The molecule has 3 nitrogen and oxygen atoms in total. The third-order valence-corrected chi connectivity index (χ3v) is 4.17. The number of thioether (sulfide) groups is 1. The van der Waals surface area contributed by atoms with Gasteiger partial charge < -0.3 is 10.0 Å².